The Morgan fingerprint density at radius 3 is 2.69 bits per heavy atom. The molecule has 0 saturated heterocycles. The normalized spacial score (nSPS) is 10.8. The van der Waals surface area contributed by atoms with Gasteiger partial charge in [-0.1, -0.05) is 0 Å². The Morgan fingerprint density at radius 1 is 1.56 bits per heavy atom. The molecule has 1 rings (SSSR count). The van der Waals surface area contributed by atoms with Gasteiger partial charge < -0.3 is 4.74 Å². The molecule has 0 radical (unpaired) electrons. The summed E-state index contributed by atoms with van der Waals surface area (Å²) in [5.74, 6) is 0. The van der Waals surface area contributed by atoms with Crippen LogP contribution in [0.2, 0.25) is 0 Å². The van der Waals surface area contributed by atoms with Gasteiger partial charge in [0.2, 0.25) is 0 Å². The molecule has 0 fully saturated rings. The van der Waals surface area contributed by atoms with Crippen LogP contribution in [0.25, 0.3) is 0 Å². The summed E-state index contributed by atoms with van der Waals surface area (Å²) in [6.07, 6.45) is 5.35. The van der Waals surface area contributed by atoms with E-state index in [0.29, 0.717) is 13.2 Å². The van der Waals surface area contributed by atoms with Gasteiger partial charge in [-0.2, -0.15) is 4.57 Å². The summed E-state index contributed by atoms with van der Waals surface area (Å²) in [5.41, 5.74) is 0. The van der Waals surface area contributed by atoms with Gasteiger partial charge in [0.15, 0.2) is 0 Å². The Hall–Kier alpha value is -1.36. The number of aromatic nitrogens is 2. The highest BCUT2D eigenvalue weighted by Crippen LogP contribution is 2.02. The minimum absolute atomic E-state index is 0.0207. The zero-order valence-corrected chi connectivity index (χ0v) is 10.4. The van der Waals surface area contributed by atoms with Crippen LogP contribution in [-0.4, -0.2) is 41.8 Å². The number of nitrogens with zero attached hydrogens (tertiary/aromatic N) is 3. The van der Waals surface area contributed by atoms with Crippen LogP contribution in [0.1, 0.15) is 13.8 Å². The highest BCUT2D eigenvalue weighted by molar-refractivity contribution is 5.76. The second-order valence-electron chi connectivity index (χ2n) is 4.05. The van der Waals surface area contributed by atoms with Gasteiger partial charge in [-0.05, 0) is 13.8 Å². The van der Waals surface area contributed by atoms with Gasteiger partial charge in [-0.3, -0.25) is 4.90 Å². The molecule has 1 aromatic rings. The topological polar surface area (TPSA) is 38.4 Å². The third-order valence-corrected chi connectivity index (χ3v) is 2.40. The van der Waals surface area contributed by atoms with Crippen LogP contribution in [0.3, 0.4) is 0 Å². The summed E-state index contributed by atoms with van der Waals surface area (Å²) >= 11 is 0. The predicted octanol–water partition coefficient (Wildman–Crippen LogP) is 0.637. The second kappa shape index (κ2) is 5.65. The number of imidazole rings is 1. The molecule has 5 heteroatoms. The number of aryl methyl sites for hydroxylation is 1. The zero-order chi connectivity index (χ0) is 12.1. The van der Waals surface area contributed by atoms with Gasteiger partial charge in [0.25, 0.3) is 6.33 Å². The largest absolute Gasteiger partial charge is 0.416 e. The molecule has 0 aliphatic heterocycles. The van der Waals surface area contributed by atoms with Gasteiger partial charge in [0, 0.05) is 19.7 Å². The van der Waals surface area contributed by atoms with Crippen molar-refractivity contribution in [2.45, 2.75) is 19.9 Å². The predicted molar refractivity (Wildman–Crippen MR) is 60.1 cm³/mol. The summed E-state index contributed by atoms with van der Waals surface area (Å²) < 4.78 is 8.42. The number of methoxy groups -OCH3 is 1. The molecule has 1 aromatic heterocycles. The molecule has 0 atom stereocenters. The molecule has 0 aliphatic carbocycles. The van der Waals surface area contributed by atoms with Crippen molar-refractivity contribution in [2.75, 3.05) is 20.3 Å². The van der Waals surface area contributed by atoms with Crippen molar-refractivity contribution in [1.82, 2.24) is 9.47 Å². The van der Waals surface area contributed by atoms with E-state index in [1.807, 2.05) is 31.7 Å². The molecule has 16 heavy (non-hydrogen) atoms. The van der Waals surface area contributed by atoms with Gasteiger partial charge in [-0.15, -0.1) is 0 Å². The van der Waals surface area contributed by atoms with Crippen LogP contribution in [0.4, 0.5) is 4.79 Å². The van der Waals surface area contributed by atoms with Crippen LogP contribution in [-0.2, 0) is 11.8 Å². The quantitative estimate of drug-likeness (QED) is 0.707. The highest BCUT2D eigenvalue weighted by Gasteiger charge is 2.22. The van der Waals surface area contributed by atoms with Gasteiger partial charge >= 0.3 is 6.03 Å². The lowest BCUT2D eigenvalue weighted by Crippen LogP contribution is -2.42. The molecule has 0 aliphatic rings. The maximum absolute atomic E-state index is 12.1. The number of carbonyl (C=O) groups is 1. The molecule has 90 valence electrons. The maximum atomic E-state index is 12.1. The first kappa shape index (κ1) is 12.7. The number of amides is 1. The minimum atomic E-state index is -0.0207. The standard InChI is InChI=1S/C11H20N3O2/c1-10(2)14(7-8-16-4)11(15)13-6-5-12(3)9-13/h5-6,9-10H,7-8H2,1-4H3/q+1. The fourth-order valence-electron chi connectivity index (χ4n) is 1.48. The lowest BCUT2D eigenvalue weighted by atomic mass is 10.3. The lowest BCUT2D eigenvalue weighted by Gasteiger charge is -2.23. The van der Waals surface area contributed by atoms with Crippen molar-refractivity contribution in [2.24, 2.45) is 7.05 Å². The van der Waals surface area contributed by atoms with E-state index in [1.54, 1.807) is 29.1 Å². The molecule has 0 spiro atoms. The third-order valence-electron chi connectivity index (χ3n) is 2.40. The van der Waals surface area contributed by atoms with E-state index in [9.17, 15) is 4.79 Å². The van der Waals surface area contributed by atoms with E-state index in [2.05, 4.69) is 0 Å². The van der Waals surface area contributed by atoms with Gasteiger partial charge in [-0.25, -0.2) is 9.36 Å². The Morgan fingerprint density at radius 2 is 2.25 bits per heavy atom. The van der Waals surface area contributed by atoms with Crippen molar-refractivity contribution in [1.29, 1.82) is 0 Å². The second-order valence-corrected chi connectivity index (χ2v) is 4.05. The number of ether oxygens (including phenoxy) is 1. The van der Waals surface area contributed by atoms with Gasteiger partial charge in [0.1, 0.15) is 12.4 Å². The van der Waals surface area contributed by atoms with Crippen molar-refractivity contribution in [3.05, 3.63) is 18.7 Å². The summed E-state index contributed by atoms with van der Waals surface area (Å²) in [5, 5.41) is 0. The lowest BCUT2D eigenvalue weighted by molar-refractivity contribution is -0.670. The van der Waals surface area contributed by atoms with Crippen molar-refractivity contribution in [3.8, 4) is 0 Å². The first-order valence-electron chi connectivity index (χ1n) is 5.39. The minimum Gasteiger partial charge on any atom is -0.383 e. The first-order valence-corrected chi connectivity index (χ1v) is 5.39. The van der Waals surface area contributed by atoms with E-state index in [0.717, 1.165) is 0 Å². The molecule has 0 N–H and O–H groups in total. The number of carbonyl (C=O) groups excluding carboxylic acids is 1. The summed E-state index contributed by atoms with van der Waals surface area (Å²) in [6, 6.07) is 0.142. The van der Waals surface area contributed by atoms with E-state index in [-0.39, 0.29) is 12.1 Å². The average Bonchev–Trinajstić information content (AvgIpc) is 2.64. The van der Waals surface area contributed by atoms with Crippen LogP contribution in [0.5, 0.6) is 0 Å². The first-order chi connectivity index (χ1) is 7.56. The Kier molecular flexibility index (Phi) is 4.49. The fourth-order valence-corrected chi connectivity index (χ4v) is 1.48. The molecular weight excluding hydrogens is 206 g/mol. The Bertz CT molecular complexity index is 347. The monoisotopic (exact) mass is 226 g/mol. The van der Waals surface area contributed by atoms with Crippen LogP contribution >= 0.6 is 0 Å². The number of rotatable bonds is 4. The fraction of sp³-hybridized carbons (Fsp3) is 0.636. The molecule has 0 saturated carbocycles. The van der Waals surface area contributed by atoms with Crippen LogP contribution in [0.15, 0.2) is 18.7 Å². The SMILES string of the molecule is COCCN(C(=O)n1cc[n+](C)c1)C(C)C. The van der Waals surface area contributed by atoms with Crippen molar-refractivity contribution >= 4 is 6.03 Å². The van der Waals surface area contributed by atoms with E-state index < -0.39 is 0 Å². The molecule has 0 unspecified atom stereocenters. The number of hydrogen-bond donors (Lipinski definition) is 0. The molecular formula is C11H20N3O2+. The maximum Gasteiger partial charge on any atom is 0.416 e. The summed E-state index contributed by atoms with van der Waals surface area (Å²) in [7, 11) is 3.53. The van der Waals surface area contributed by atoms with Crippen molar-refractivity contribution in [3.63, 3.8) is 0 Å². The Balaban J connectivity index is 2.74. The molecule has 0 aromatic carbocycles. The highest BCUT2D eigenvalue weighted by atomic mass is 16.5. The van der Waals surface area contributed by atoms with E-state index >= 15 is 0 Å². The van der Waals surface area contributed by atoms with Gasteiger partial charge in [0.05, 0.1) is 13.7 Å². The van der Waals surface area contributed by atoms with Crippen molar-refractivity contribution < 1.29 is 14.1 Å². The molecule has 1 heterocycles. The van der Waals surface area contributed by atoms with E-state index in [1.165, 1.54) is 0 Å². The zero-order valence-electron chi connectivity index (χ0n) is 10.4. The summed E-state index contributed by atoms with van der Waals surface area (Å²) in [4.78, 5) is 13.9. The molecule has 1 amide bonds. The Labute approximate surface area is 96.2 Å². The smallest absolute Gasteiger partial charge is 0.383 e. The molecule has 5 nitrogen and oxygen atoms in total. The molecule has 0 bridgehead atoms. The van der Waals surface area contributed by atoms with E-state index in [4.69, 9.17) is 4.74 Å². The number of hydrogen-bond acceptors (Lipinski definition) is 2. The van der Waals surface area contributed by atoms with Crippen LogP contribution in [0, 0.1) is 0 Å². The third kappa shape index (κ3) is 3.06. The summed E-state index contributed by atoms with van der Waals surface area (Å²) in [6.45, 7) is 5.15. The van der Waals surface area contributed by atoms with Crippen LogP contribution < -0.4 is 4.57 Å². The average molecular weight is 226 g/mol.